The summed E-state index contributed by atoms with van der Waals surface area (Å²) in [4.78, 5) is 7.48. The topological polar surface area (TPSA) is 91.9 Å². The van der Waals surface area contributed by atoms with Gasteiger partial charge in [-0.15, -0.1) is 10.2 Å². The molecule has 128 valence electrons. The molecule has 1 saturated carbocycles. The molecule has 0 amide bonds. The van der Waals surface area contributed by atoms with Crippen LogP contribution >= 0.6 is 0 Å². The quantitative estimate of drug-likeness (QED) is 0.614. The Morgan fingerprint density at radius 1 is 1.19 bits per heavy atom. The molecule has 0 aliphatic heterocycles. The molecule has 26 heavy (non-hydrogen) atoms. The molecule has 0 spiro atoms. The molecule has 0 atom stereocenters. The second kappa shape index (κ2) is 5.93. The molecular weight excluding hydrogens is 328 g/mol. The predicted molar refractivity (Wildman–Crippen MR) is 94.3 cm³/mol. The van der Waals surface area contributed by atoms with E-state index in [2.05, 4.69) is 30.6 Å². The summed E-state index contributed by atoms with van der Waals surface area (Å²) in [5, 5.41) is 17.5. The lowest BCUT2D eigenvalue weighted by Crippen LogP contribution is -2.31. The molecule has 4 aromatic rings. The molecule has 5 rings (SSSR count). The fourth-order valence-corrected chi connectivity index (χ4v) is 3.46. The lowest BCUT2D eigenvalue weighted by atomic mass is 9.81. The van der Waals surface area contributed by atoms with Crippen LogP contribution in [-0.2, 0) is 11.3 Å². The minimum absolute atomic E-state index is 0.228. The zero-order valence-corrected chi connectivity index (χ0v) is 14.0. The maximum atomic E-state index is 8.84. The van der Waals surface area contributed by atoms with Gasteiger partial charge < -0.3 is 9.72 Å². The fraction of sp³-hybridized carbons (Fsp3) is 0.263. The van der Waals surface area contributed by atoms with E-state index in [-0.39, 0.29) is 6.10 Å². The largest absolute Gasteiger partial charge is 0.373 e. The summed E-state index contributed by atoms with van der Waals surface area (Å²) >= 11 is 0. The Balaban J connectivity index is 1.27. The van der Waals surface area contributed by atoms with Crippen molar-refractivity contribution in [3.63, 3.8) is 0 Å². The number of aromatic amines is 1. The monoisotopic (exact) mass is 344 g/mol. The third-order valence-corrected chi connectivity index (χ3v) is 5.00. The number of nitrogens with zero attached hydrogens (tertiary/aromatic N) is 5. The van der Waals surface area contributed by atoms with Crippen LogP contribution in [0, 0.1) is 11.3 Å². The predicted octanol–water partition coefficient (Wildman–Crippen LogP) is 2.94. The highest BCUT2D eigenvalue weighted by Crippen LogP contribution is 2.38. The van der Waals surface area contributed by atoms with Gasteiger partial charge in [-0.2, -0.15) is 5.26 Å². The van der Waals surface area contributed by atoms with Crippen molar-refractivity contribution in [3.8, 4) is 6.07 Å². The smallest absolute Gasteiger partial charge is 0.179 e. The average Bonchev–Trinajstić information content (AvgIpc) is 3.27. The number of fused-ring (bicyclic) bond motifs is 3. The first-order valence-electron chi connectivity index (χ1n) is 8.59. The van der Waals surface area contributed by atoms with Gasteiger partial charge in [0.25, 0.3) is 0 Å². The third-order valence-electron chi connectivity index (χ3n) is 5.00. The van der Waals surface area contributed by atoms with Crippen molar-refractivity contribution in [2.45, 2.75) is 31.5 Å². The number of aromatic nitrogens is 5. The van der Waals surface area contributed by atoms with E-state index in [1.807, 2.05) is 36.5 Å². The number of rotatable bonds is 4. The Morgan fingerprint density at radius 3 is 2.85 bits per heavy atom. The first-order chi connectivity index (χ1) is 12.8. The Kier molecular flexibility index (Phi) is 3.43. The molecule has 1 N–H and O–H groups in total. The number of nitrogens with one attached hydrogen (secondary N) is 1. The van der Waals surface area contributed by atoms with Gasteiger partial charge in [-0.1, -0.05) is 12.1 Å². The fourth-order valence-electron chi connectivity index (χ4n) is 3.46. The molecule has 1 fully saturated rings. The molecule has 3 heterocycles. The van der Waals surface area contributed by atoms with Crippen LogP contribution in [0.3, 0.4) is 0 Å². The van der Waals surface area contributed by atoms with Crippen LogP contribution < -0.4 is 0 Å². The summed E-state index contributed by atoms with van der Waals surface area (Å²) < 4.78 is 8.08. The van der Waals surface area contributed by atoms with Gasteiger partial charge in [0.05, 0.1) is 36.1 Å². The van der Waals surface area contributed by atoms with Gasteiger partial charge in [-0.3, -0.25) is 4.40 Å². The van der Waals surface area contributed by atoms with E-state index in [9.17, 15) is 0 Å². The highest BCUT2D eigenvalue weighted by molar-refractivity contribution is 5.74. The zero-order valence-electron chi connectivity index (χ0n) is 14.0. The maximum absolute atomic E-state index is 8.84. The molecule has 1 aliphatic rings. The summed E-state index contributed by atoms with van der Waals surface area (Å²) in [6, 6.07) is 11.6. The Morgan fingerprint density at radius 2 is 2.04 bits per heavy atom. The number of nitriles is 1. The number of benzene rings is 1. The number of hydrogen-bond donors (Lipinski definition) is 1. The van der Waals surface area contributed by atoms with Gasteiger partial charge in [0, 0.05) is 12.1 Å². The lowest BCUT2D eigenvalue weighted by molar-refractivity contribution is -0.0224. The van der Waals surface area contributed by atoms with Crippen molar-refractivity contribution in [1.82, 2.24) is 24.6 Å². The molecule has 0 bridgehead atoms. The summed E-state index contributed by atoms with van der Waals surface area (Å²) in [5.74, 6) is 1.32. The first-order valence-corrected chi connectivity index (χ1v) is 8.59. The normalized spacial score (nSPS) is 19.5. The minimum Gasteiger partial charge on any atom is -0.373 e. The van der Waals surface area contributed by atoms with Gasteiger partial charge >= 0.3 is 0 Å². The lowest BCUT2D eigenvalue weighted by Gasteiger charge is -2.34. The van der Waals surface area contributed by atoms with Crippen molar-refractivity contribution < 1.29 is 4.74 Å². The van der Waals surface area contributed by atoms with Crippen molar-refractivity contribution in [1.29, 1.82) is 5.26 Å². The molecule has 0 saturated heterocycles. The maximum Gasteiger partial charge on any atom is 0.179 e. The standard InChI is InChI=1S/C19H16N6O/c20-9-12-1-3-13(4-2-12)11-26-15-7-14(8-15)19-24-23-17-10-22-18-16(25(17)19)5-6-21-18/h1-6,10,14-15,21H,7-8,11H2. The van der Waals surface area contributed by atoms with Crippen LogP contribution in [0.4, 0.5) is 0 Å². The van der Waals surface area contributed by atoms with Gasteiger partial charge in [0.15, 0.2) is 11.3 Å². The van der Waals surface area contributed by atoms with Crippen LogP contribution in [0.2, 0.25) is 0 Å². The minimum atomic E-state index is 0.228. The Hall–Kier alpha value is -3.24. The molecule has 3 aromatic heterocycles. The third kappa shape index (κ3) is 2.43. The van der Waals surface area contributed by atoms with Crippen molar-refractivity contribution in [3.05, 3.63) is 59.7 Å². The van der Waals surface area contributed by atoms with Gasteiger partial charge in [-0.25, -0.2) is 4.98 Å². The van der Waals surface area contributed by atoms with E-state index in [1.54, 1.807) is 6.20 Å². The summed E-state index contributed by atoms with van der Waals surface area (Å²) in [7, 11) is 0. The van der Waals surface area contributed by atoms with Crippen LogP contribution in [0.1, 0.15) is 35.7 Å². The summed E-state index contributed by atoms with van der Waals surface area (Å²) in [5.41, 5.74) is 4.37. The van der Waals surface area contributed by atoms with Crippen molar-refractivity contribution in [2.75, 3.05) is 0 Å². The van der Waals surface area contributed by atoms with E-state index in [4.69, 9.17) is 10.00 Å². The van der Waals surface area contributed by atoms with Gasteiger partial charge in [-0.05, 0) is 36.6 Å². The van der Waals surface area contributed by atoms with E-state index < -0.39 is 0 Å². The van der Waals surface area contributed by atoms with E-state index in [0.29, 0.717) is 18.1 Å². The molecule has 1 aliphatic carbocycles. The Bertz CT molecular complexity index is 1110. The molecule has 0 radical (unpaired) electrons. The SMILES string of the molecule is N#Cc1ccc(COC2CC(c3nnc4cnc5[nH]ccc5n34)C2)cc1. The molecule has 7 nitrogen and oxygen atoms in total. The summed E-state index contributed by atoms with van der Waals surface area (Å²) in [6.45, 7) is 0.565. The van der Waals surface area contributed by atoms with Crippen LogP contribution in [0.25, 0.3) is 16.8 Å². The molecule has 1 aromatic carbocycles. The number of H-pyrrole nitrogens is 1. The van der Waals surface area contributed by atoms with E-state index >= 15 is 0 Å². The van der Waals surface area contributed by atoms with Gasteiger partial charge in [0.1, 0.15) is 5.82 Å². The van der Waals surface area contributed by atoms with Crippen LogP contribution in [0.5, 0.6) is 0 Å². The second-order valence-corrected chi connectivity index (χ2v) is 6.63. The van der Waals surface area contributed by atoms with Crippen LogP contribution in [-0.4, -0.2) is 30.7 Å². The van der Waals surface area contributed by atoms with Crippen molar-refractivity contribution in [2.24, 2.45) is 0 Å². The highest BCUT2D eigenvalue weighted by Gasteiger charge is 2.34. The van der Waals surface area contributed by atoms with E-state index in [0.717, 1.165) is 41.0 Å². The highest BCUT2D eigenvalue weighted by atomic mass is 16.5. The summed E-state index contributed by atoms with van der Waals surface area (Å²) in [6.07, 6.45) is 5.72. The Labute approximate surface area is 149 Å². The van der Waals surface area contributed by atoms with E-state index in [1.165, 1.54) is 0 Å². The van der Waals surface area contributed by atoms with Crippen LogP contribution in [0.15, 0.2) is 42.7 Å². The molecular formula is C19H16N6O. The van der Waals surface area contributed by atoms with Crippen molar-refractivity contribution >= 4 is 16.8 Å². The first kappa shape index (κ1) is 15.0. The zero-order chi connectivity index (χ0) is 17.5. The van der Waals surface area contributed by atoms with Gasteiger partial charge in [0.2, 0.25) is 0 Å². The number of ether oxygens (including phenoxy) is 1. The molecule has 7 heteroatoms. The molecule has 0 unspecified atom stereocenters. The average molecular weight is 344 g/mol. The number of hydrogen-bond acceptors (Lipinski definition) is 5. The second-order valence-electron chi connectivity index (χ2n) is 6.63.